The molecule has 0 amide bonds. The summed E-state index contributed by atoms with van der Waals surface area (Å²) in [5.41, 5.74) is 0.516. The van der Waals surface area contributed by atoms with E-state index in [-0.39, 0.29) is 41.6 Å². The number of aliphatic hydroxyl groups is 1. The highest BCUT2D eigenvalue weighted by Gasteiger charge is 2.40. The number of aromatic nitrogens is 5. The highest BCUT2D eigenvalue weighted by molar-refractivity contribution is 5.79. The zero-order valence-electron chi connectivity index (χ0n) is 21.6. The first kappa shape index (κ1) is 27.5. The lowest BCUT2D eigenvalue weighted by atomic mass is 10.1. The second-order valence-electron chi connectivity index (χ2n) is 9.88. The molecule has 0 spiro atoms. The fourth-order valence-corrected chi connectivity index (χ4v) is 4.81. The van der Waals surface area contributed by atoms with Gasteiger partial charge in [-0.25, -0.2) is 19.3 Å². The van der Waals surface area contributed by atoms with Crippen LogP contribution in [0, 0.1) is 0 Å². The monoisotopic (exact) mass is 553 g/mol. The largest absolute Gasteiger partial charge is 0.408 e. The fourth-order valence-electron chi connectivity index (χ4n) is 4.81. The van der Waals surface area contributed by atoms with E-state index in [1.54, 1.807) is 17.9 Å². The van der Waals surface area contributed by atoms with Gasteiger partial charge >= 0.3 is 6.18 Å². The van der Waals surface area contributed by atoms with E-state index >= 15 is 0 Å². The quantitative estimate of drug-likeness (QED) is 0.406. The van der Waals surface area contributed by atoms with Crippen molar-refractivity contribution in [2.45, 2.75) is 76.4 Å². The molecule has 0 saturated carbocycles. The normalized spacial score (nSPS) is 24.1. The Kier molecular flexibility index (Phi) is 7.87. The van der Waals surface area contributed by atoms with E-state index in [2.05, 4.69) is 25.3 Å². The molecule has 0 aromatic carbocycles. The number of halogens is 4. The molecule has 0 bridgehead atoms. The first-order valence-electron chi connectivity index (χ1n) is 13.0. The number of aliphatic hydroxyl groups excluding tert-OH is 1. The average Bonchev–Trinajstić information content (AvgIpc) is 3.29. The van der Waals surface area contributed by atoms with Crippen molar-refractivity contribution in [3.8, 4) is 0 Å². The highest BCUT2D eigenvalue weighted by atomic mass is 19.4. The maximum absolute atomic E-state index is 14.0. The van der Waals surface area contributed by atoms with Crippen LogP contribution in [0.3, 0.4) is 0 Å². The maximum atomic E-state index is 14.0. The summed E-state index contributed by atoms with van der Waals surface area (Å²) >= 11 is 0. The predicted octanol–water partition coefficient (Wildman–Crippen LogP) is 4.60. The third-order valence-electron chi connectivity index (χ3n) is 7.01. The van der Waals surface area contributed by atoms with Crippen molar-refractivity contribution in [3.63, 3.8) is 0 Å². The molecule has 2 saturated heterocycles. The van der Waals surface area contributed by atoms with Gasteiger partial charge in [0.05, 0.1) is 24.4 Å². The van der Waals surface area contributed by atoms with E-state index in [4.69, 9.17) is 9.47 Å². The molecule has 14 heteroatoms. The summed E-state index contributed by atoms with van der Waals surface area (Å²) in [5, 5.41) is 12.7. The third-order valence-corrected chi connectivity index (χ3v) is 7.01. The van der Waals surface area contributed by atoms with Crippen molar-refractivity contribution >= 4 is 28.6 Å². The summed E-state index contributed by atoms with van der Waals surface area (Å²) in [7, 11) is 0. The number of rotatable bonds is 7. The molecular weight excluding hydrogens is 522 g/mol. The van der Waals surface area contributed by atoms with Crippen LogP contribution in [0.15, 0.2) is 24.5 Å². The lowest BCUT2D eigenvalue weighted by molar-refractivity contribution is -0.190. The van der Waals surface area contributed by atoms with Gasteiger partial charge < -0.3 is 29.4 Å². The van der Waals surface area contributed by atoms with Crippen LogP contribution in [0.4, 0.5) is 35.1 Å². The summed E-state index contributed by atoms with van der Waals surface area (Å²) in [5.74, 6) is 0.968. The Morgan fingerprint density at radius 2 is 1.97 bits per heavy atom. The molecule has 2 aliphatic rings. The zero-order valence-corrected chi connectivity index (χ0v) is 21.6. The first-order chi connectivity index (χ1) is 18.6. The van der Waals surface area contributed by atoms with Crippen LogP contribution in [-0.2, 0) is 9.47 Å². The van der Waals surface area contributed by atoms with Gasteiger partial charge in [0.2, 0.25) is 5.95 Å². The second-order valence-corrected chi connectivity index (χ2v) is 9.88. The van der Waals surface area contributed by atoms with Crippen molar-refractivity contribution < 1.29 is 32.1 Å². The number of nitrogens with one attached hydrogen (secondary N) is 1. The fraction of sp³-hybridized carbons (Fsp3) is 0.600. The van der Waals surface area contributed by atoms with Gasteiger partial charge in [-0.3, -0.25) is 0 Å². The van der Waals surface area contributed by atoms with Crippen molar-refractivity contribution in [3.05, 3.63) is 30.4 Å². The number of anilines is 3. The summed E-state index contributed by atoms with van der Waals surface area (Å²) in [6, 6.07) is 1.18. The number of nitrogens with zero attached hydrogens (tertiary/aromatic N) is 6. The number of hydrogen-bond donors (Lipinski definition) is 2. The SMILES string of the molecule is CC(OC1CCCCO1)c1nc2cnc(Nc3ccnc(N4CCC(O)C(F)C4)n3)cc2n1C(C)C(F)(F)F. The number of hydrogen-bond acceptors (Lipinski definition) is 9. The standard InChI is InChI=1S/C25H31F4N7O3/c1-14(39-22-5-3-4-10-38-22)23-32-17-12-31-21(11-18(17)36(23)15(2)25(27,28)29)33-20-6-8-30-24(34-20)35-9-7-19(37)16(26)13-35/h6,8,11-12,14-16,19,22,37H,3-5,7,9-10,13H2,1-2H3,(H,30,31,33,34). The molecule has 0 aliphatic carbocycles. The minimum Gasteiger partial charge on any atom is -0.390 e. The van der Waals surface area contributed by atoms with Crippen molar-refractivity contribution in [2.24, 2.45) is 0 Å². The van der Waals surface area contributed by atoms with Crippen LogP contribution in [0.2, 0.25) is 0 Å². The Morgan fingerprint density at radius 3 is 2.69 bits per heavy atom. The summed E-state index contributed by atoms with van der Waals surface area (Å²) in [4.78, 5) is 19.0. The lowest BCUT2D eigenvalue weighted by Gasteiger charge is -2.32. The molecule has 5 rings (SSSR count). The number of imidazole rings is 1. The van der Waals surface area contributed by atoms with Crippen LogP contribution in [0.5, 0.6) is 0 Å². The highest BCUT2D eigenvalue weighted by Crippen LogP contribution is 2.37. The Labute approximate surface area is 222 Å². The molecule has 2 fully saturated rings. The van der Waals surface area contributed by atoms with E-state index in [1.807, 2.05) is 0 Å². The molecule has 3 aromatic heterocycles. The minimum absolute atomic E-state index is 0.0434. The van der Waals surface area contributed by atoms with Crippen LogP contribution in [-0.4, -0.2) is 74.0 Å². The second kappa shape index (κ2) is 11.2. The summed E-state index contributed by atoms with van der Waals surface area (Å²) < 4.78 is 68.6. The van der Waals surface area contributed by atoms with Gasteiger partial charge in [0.25, 0.3) is 0 Å². The topological polar surface area (TPSA) is 110 Å². The Balaban J connectivity index is 1.43. The molecule has 2 aliphatic heterocycles. The molecule has 0 radical (unpaired) electrons. The van der Waals surface area contributed by atoms with Gasteiger partial charge in [0.15, 0.2) is 6.29 Å². The van der Waals surface area contributed by atoms with Gasteiger partial charge in [-0.15, -0.1) is 0 Å². The van der Waals surface area contributed by atoms with Crippen LogP contribution < -0.4 is 10.2 Å². The smallest absolute Gasteiger partial charge is 0.390 e. The molecule has 3 aromatic rings. The molecule has 5 unspecified atom stereocenters. The van der Waals surface area contributed by atoms with Crippen molar-refractivity contribution in [1.82, 2.24) is 24.5 Å². The van der Waals surface area contributed by atoms with Gasteiger partial charge in [-0.2, -0.15) is 18.2 Å². The number of fused-ring (bicyclic) bond motifs is 1. The molecule has 5 atom stereocenters. The van der Waals surface area contributed by atoms with Gasteiger partial charge in [0.1, 0.15) is 41.3 Å². The van der Waals surface area contributed by atoms with E-state index in [9.17, 15) is 22.7 Å². The number of pyridine rings is 1. The van der Waals surface area contributed by atoms with Crippen LogP contribution in [0.25, 0.3) is 11.0 Å². The molecule has 39 heavy (non-hydrogen) atoms. The van der Waals surface area contributed by atoms with Gasteiger partial charge in [-0.1, -0.05) is 0 Å². The molecule has 2 N–H and O–H groups in total. The summed E-state index contributed by atoms with van der Waals surface area (Å²) in [6.45, 7) is 3.63. The summed E-state index contributed by atoms with van der Waals surface area (Å²) in [6.07, 6.45) is -2.57. The van der Waals surface area contributed by atoms with Gasteiger partial charge in [-0.05, 0) is 45.6 Å². The average molecular weight is 554 g/mol. The van der Waals surface area contributed by atoms with E-state index in [1.165, 1.54) is 18.5 Å². The number of piperidine rings is 1. The van der Waals surface area contributed by atoms with Crippen molar-refractivity contribution in [1.29, 1.82) is 0 Å². The molecule has 10 nitrogen and oxygen atoms in total. The van der Waals surface area contributed by atoms with E-state index < -0.39 is 36.9 Å². The number of alkyl halides is 4. The Bertz CT molecular complexity index is 1280. The van der Waals surface area contributed by atoms with Gasteiger partial charge in [0, 0.05) is 25.4 Å². The first-order valence-corrected chi connectivity index (χ1v) is 13.0. The Hall–Kier alpha value is -3.10. The zero-order chi connectivity index (χ0) is 27.7. The minimum atomic E-state index is -4.53. The van der Waals surface area contributed by atoms with Crippen molar-refractivity contribution in [2.75, 3.05) is 29.9 Å². The molecule has 212 valence electrons. The lowest BCUT2D eigenvalue weighted by Crippen LogP contribution is -2.45. The van der Waals surface area contributed by atoms with E-state index in [0.29, 0.717) is 25.4 Å². The van der Waals surface area contributed by atoms with Crippen LogP contribution in [0.1, 0.15) is 57.5 Å². The van der Waals surface area contributed by atoms with E-state index in [0.717, 1.165) is 24.3 Å². The number of ether oxygens (including phenoxy) is 2. The molecule has 5 heterocycles. The molecular formula is C25H31F4N7O3. The van der Waals surface area contributed by atoms with Crippen LogP contribution >= 0.6 is 0 Å². The third kappa shape index (κ3) is 6.07. The maximum Gasteiger partial charge on any atom is 0.408 e. The predicted molar refractivity (Wildman–Crippen MR) is 134 cm³/mol. The Morgan fingerprint density at radius 1 is 1.15 bits per heavy atom.